The van der Waals surface area contributed by atoms with Gasteiger partial charge < -0.3 is 34.7 Å². The minimum Gasteiger partial charge on any atom is -0.796 e. The van der Waals surface area contributed by atoms with Crippen LogP contribution in [0.5, 0.6) is 11.5 Å². The second-order valence-electron chi connectivity index (χ2n) is 7.92. The van der Waals surface area contributed by atoms with Crippen LogP contribution >= 0.6 is 0 Å². The van der Waals surface area contributed by atoms with Gasteiger partial charge in [-0.2, -0.15) is 12.5 Å². The van der Waals surface area contributed by atoms with E-state index in [-0.39, 0.29) is 21.1 Å². The summed E-state index contributed by atoms with van der Waals surface area (Å²) in [5.74, 6) is -0.445. The molecule has 0 unspecified atom stereocenters. The number of aromatic nitrogens is 2. The Morgan fingerprint density at radius 3 is 1.22 bits per heavy atom. The van der Waals surface area contributed by atoms with Gasteiger partial charge in [0.15, 0.2) is 0 Å². The Bertz CT molecular complexity index is 1390. The topological polar surface area (TPSA) is 78.4 Å². The van der Waals surface area contributed by atoms with E-state index in [2.05, 4.69) is 59.5 Å². The molecular weight excluding hydrogens is 736 g/mol. The van der Waals surface area contributed by atoms with Crippen molar-refractivity contribution in [2.24, 2.45) is 0 Å². The largest absolute Gasteiger partial charge is 2.00 e. The van der Waals surface area contributed by atoms with Crippen LogP contribution in [-0.4, -0.2) is 34.4 Å². The molecule has 2 radical (unpaired) electrons. The number of esters is 2. The Morgan fingerprint density at radius 1 is 0.561 bits per heavy atom. The molecule has 41 heavy (non-hydrogen) atoms. The van der Waals surface area contributed by atoms with Gasteiger partial charge in [0, 0.05) is 22.2 Å². The molecule has 5 aromatic rings. The standard InChI is InChI=1S/C16H12O4.C14H12N2.2CH4S.Pt/c17-15(19-13-7-3-1-4-8-13)11-12-16(18)20-14-9-5-2-6-10-14;1-9-3-5-11-7-8-12-6-4-10(2)16-14(12)13(11)15-9;2*1-2;/h1-12H;3-8H,1-2H3;2*2H,1H3;/q;;;;+2/p-2. The van der Waals surface area contributed by atoms with Crippen molar-refractivity contribution >= 4 is 59.0 Å². The summed E-state index contributed by atoms with van der Waals surface area (Å²) in [5, 5.41) is 2.30. The van der Waals surface area contributed by atoms with Gasteiger partial charge in [-0.25, -0.2) is 0 Å². The molecule has 2 heterocycles. The van der Waals surface area contributed by atoms with Crippen molar-refractivity contribution in [3.63, 3.8) is 0 Å². The van der Waals surface area contributed by atoms with E-state index < -0.39 is 11.9 Å². The number of hydrogen-bond acceptors (Lipinski definition) is 8. The Kier molecular flexibility index (Phi) is 17.3. The van der Waals surface area contributed by atoms with Crippen molar-refractivity contribution in [1.29, 1.82) is 0 Å². The minimum atomic E-state index is -0.638. The van der Waals surface area contributed by atoms with Gasteiger partial charge in [0.25, 0.3) is 0 Å². The number of fused-ring (bicyclic) bond motifs is 3. The zero-order valence-corrected chi connectivity index (χ0v) is 27.0. The van der Waals surface area contributed by atoms with Crippen LogP contribution in [0.3, 0.4) is 0 Å². The fraction of sp³-hybridized carbons (Fsp3) is 0.125. The Morgan fingerprint density at radius 2 is 0.878 bits per heavy atom. The van der Waals surface area contributed by atoms with Gasteiger partial charge in [0.2, 0.25) is 0 Å². The van der Waals surface area contributed by atoms with Crippen LogP contribution in [0.25, 0.3) is 21.8 Å². The first-order valence-electron chi connectivity index (χ1n) is 12.1. The van der Waals surface area contributed by atoms with E-state index in [1.807, 2.05) is 38.1 Å². The number of carbonyl (C=O) groups excluding carboxylic acids is 2. The van der Waals surface area contributed by atoms with Crippen LogP contribution in [-0.2, 0) is 55.9 Å². The molecule has 9 heteroatoms. The van der Waals surface area contributed by atoms with Gasteiger partial charge in [-0.3, -0.25) is 19.6 Å². The predicted molar refractivity (Wildman–Crippen MR) is 166 cm³/mol. The average Bonchev–Trinajstić information content (AvgIpc) is 2.99. The van der Waals surface area contributed by atoms with E-state index in [9.17, 15) is 9.59 Å². The molecule has 6 nitrogen and oxygen atoms in total. The first-order chi connectivity index (χ1) is 19.5. The number of pyridine rings is 2. The maximum absolute atomic E-state index is 11.5. The molecule has 0 bridgehead atoms. The zero-order chi connectivity index (χ0) is 29.3. The van der Waals surface area contributed by atoms with Gasteiger partial charge in [0.05, 0.1) is 23.9 Å². The van der Waals surface area contributed by atoms with E-state index in [0.29, 0.717) is 11.5 Å². The summed E-state index contributed by atoms with van der Waals surface area (Å²) in [6, 6.07) is 29.6. The fourth-order valence-corrected chi connectivity index (χ4v) is 3.38. The summed E-state index contributed by atoms with van der Waals surface area (Å²) in [4.78, 5) is 32.1. The van der Waals surface area contributed by atoms with Crippen LogP contribution in [0.15, 0.2) is 97.1 Å². The molecule has 0 fully saturated rings. The van der Waals surface area contributed by atoms with Crippen molar-refractivity contribution in [3.05, 3.63) is 121 Å². The van der Waals surface area contributed by atoms with E-state index in [1.54, 1.807) is 61.0 Å². The van der Waals surface area contributed by atoms with Gasteiger partial charge in [0.1, 0.15) is 11.5 Å². The van der Waals surface area contributed by atoms with Crippen LogP contribution in [0, 0.1) is 26.7 Å². The molecule has 0 spiro atoms. The van der Waals surface area contributed by atoms with Crippen LogP contribution < -0.4 is 9.47 Å². The summed E-state index contributed by atoms with van der Waals surface area (Å²) in [5.41, 5.74) is 4.06. The molecule has 0 aliphatic heterocycles. The summed E-state index contributed by atoms with van der Waals surface area (Å²) >= 11 is 8.17. The number of ether oxygens (including phenoxy) is 2. The van der Waals surface area contributed by atoms with Crippen LogP contribution in [0.2, 0.25) is 0 Å². The molecule has 5 rings (SSSR count). The number of benzene rings is 3. The van der Waals surface area contributed by atoms with Gasteiger partial charge in [-0.1, -0.05) is 60.7 Å². The molecule has 0 saturated heterocycles. The number of nitrogens with zero attached hydrogens (tertiary/aromatic N) is 2. The minimum absolute atomic E-state index is 0. The monoisotopic (exact) mass is 765 g/mol. The molecule has 0 aliphatic carbocycles. The molecule has 2 aromatic heterocycles. The van der Waals surface area contributed by atoms with E-state index >= 15 is 0 Å². The van der Waals surface area contributed by atoms with Gasteiger partial charge in [-0.15, -0.1) is 0 Å². The van der Waals surface area contributed by atoms with E-state index in [4.69, 9.17) is 9.47 Å². The summed E-state index contributed by atoms with van der Waals surface area (Å²) < 4.78 is 9.96. The first-order valence-corrected chi connectivity index (χ1v) is 13.8. The number of carbonyl (C=O) groups is 2. The number of aryl methyl sites for hydroxylation is 2. The zero-order valence-electron chi connectivity index (χ0n) is 23.1. The third kappa shape index (κ3) is 12.1. The van der Waals surface area contributed by atoms with Crippen molar-refractivity contribution in [2.45, 2.75) is 13.8 Å². The second kappa shape index (κ2) is 19.8. The molecule has 0 aliphatic rings. The Balaban J connectivity index is 0.000000363. The van der Waals surface area contributed by atoms with Crippen molar-refractivity contribution < 1.29 is 40.1 Å². The molecule has 0 N–H and O–H groups in total. The summed E-state index contributed by atoms with van der Waals surface area (Å²) in [6.07, 6.45) is 5.22. The Labute approximate surface area is 267 Å². The average molecular weight is 766 g/mol. The van der Waals surface area contributed by atoms with E-state index in [0.717, 1.165) is 46.0 Å². The number of rotatable bonds is 5. The third-order valence-electron chi connectivity index (χ3n) is 5.08. The Hall–Kier alpha value is -3.19. The molecule has 214 valence electrons. The van der Waals surface area contributed by atoms with Crippen LogP contribution in [0.4, 0.5) is 0 Å². The normalized spacial score (nSPS) is 9.41. The fourth-order valence-electron chi connectivity index (χ4n) is 3.38. The molecule has 0 amide bonds. The molecule has 0 saturated carbocycles. The first kappa shape index (κ1) is 35.8. The van der Waals surface area contributed by atoms with Crippen molar-refractivity contribution in [1.82, 2.24) is 9.97 Å². The summed E-state index contributed by atoms with van der Waals surface area (Å²) in [7, 11) is 0. The van der Waals surface area contributed by atoms with Gasteiger partial charge in [-0.05, 0) is 50.2 Å². The molecular formula is C32H30N2O4PtS2. The van der Waals surface area contributed by atoms with Crippen LogP contribution in [0.1, 0.15) is 11.4 Å². The molecule has 0 atom stereocenters. The van der Waals surface area contributed by atoms with Crippen molar-refractivity contribution in [2.75, 3.05) is 12.5 Å². The SMILES string of the molecule is C[S-].C[S-].Cc1ccc2ccc3ccc(C)nc3c2n1.O=C([CH][CH]C(=O)Oc1ccccc1)Oc1ccccc1.[Pt+2]. The maximum Gasteiger partial charge on any atom is 2.00 e. The smallest absolute Gasteiger partial charge is 0.796 e. The number of hydrogen-bond donors (Lipinski definition) is 0. The number of para-hydroxylation sites is 2. The third-order valence-corrected chi connectivity index (χ3v) is 5.08. The summed E-state index contributed by atoms with van der Waals surface area (Å²) in [6.45, 7) is 4.02. The van der Waals surface area contributed by atoms with E-state index in [1.165, 1.54) is 0 Å². The maximum atomic E-state index is 11.5. The quantitative estimate of drug-likeness (QED) is 0.0891. The predicted octanol–water partition coefficient (Wildman–Crippen LogP) is 6.33. The second-order valence-corrected chi connectivity index (χ2v) is 7.92. The van der Waals surface area contributed by atoms with Crippen molar-refractivity contribution in [3.8, 4) is 11.5 Å². The molecule has 3 aromatic carbocycles. The van der Waals surface area contributed by atoms with Gasteiger partial charge >= 0.3 is 33.0 Å².